The molecular weight excluding hydrogens is 450 g/mol. The third-order valence-electron chi connectivity index (χ3n) is 4.76. The van der Waals surface area contributed by atoms with Gasteiger partial charge in [0.15, 0.2) is 11.5 Å². The standard InChI is InChI=1S/C22H29N3O7S/c1-24(2)22(27)15-7-10-17(11-8-15)25(33(6,28)29)14-19(26)23-13-16-9-12-18(30-3)21(32-5)20(16)31-4/h7-12H,13-14H2,1-6H3,(H,23,26). The van der Waals surface area contributed by atoms with Gasteiger partial charge in [-0.05, 0) is 36.4 Å². The van der Waals surface area contributed by atoms with E-state index in [1.807, 2.05) is 0 Å². The summed E-state index contributed by atoms with van der Waals surface area (Å²) in [6, 6.07) is 9.41. The molecule has 0 radical (unpaired) electrons. The van der Waals surface area contributed by atoms with Gasteiger partial charge in [-0.3, -0.25) is 13.9 Å². The Morgan fingerprint density at radius 1 is 0.909 bits per heavy atom. The Morgan fingerprint density at radius 2 is 1.52 bits per heavy atom. The highest BCUT2D eigenvalue weighted by Crippen LogP contribution is 2.39. The topological polar surface area (TPSA) is 114 Å². The second kappa shape index (κ2) is 10.9. The molecule has 2 amide bonds. The predicted molar refractivity (Wildman–Crippen MR) is 125 cm³/mol. The SMILES string of the molecule is COc1ccc(CNC(=O)CN(c2ccc(C(=O)N(C)C)cc2)S(C)(=O)=O)c(OC)c1OC. The molecule has 2 aromatic rings. The van der Waals surface area contributed by atoms with Gasteiger partial charge in [0.25, 0.3) is 5.91 Å². The molecule has 10 nitrogen and oxygen atoms in total. The number of carbonyl (C=O) groups is 2. The van der Waals surface area contributed by atoms with E-state index in [0.717, 1.165) is 10.6 Å². The lowest BCUT2D eigenvalue weighted by Crippen LogP contribution is -2.40. The lowest BCUT2D eigenvalue weighted by molar-refractivity contribution is -0.119. The molecule has 1 N–H and O–H groups in total. The van der Waals surface area contributed by atoms with Crippen LogP contribution in [0.25, 0.3) is 0 Å². The Balaban J connectivity index is 2.19. The van der Waals surface area contributed by atoms with E-state index in [0.29, 0.717) is 28.4 Å². The molecule has 0 atom stereocenters. The van der Waals surface area contributed by atoms with Crippen molar-refractivity contribution in [2.24, 2.45) is 0 Å². The molecule has 180 valence electrons. The predicted octanol–water partition coefficient (Wildman–Crippen LogP) is 1.50. The second-order valence-corrected chi connectivity index (χ2v) is 9.19. The minimum absolute atomic E-state index is 0.0796. The van der Waals surface area contributed by atoms with E-state index in [9.17, 15) is 18.0 Å². The number of hydrogen-bond acceptors (Lipinski definition) is 7. The van der Waals surface area contributed by atoms with Crippen LogP contribution in [0, 0.1) is 0 Å². The van der Waals surface area contributed by atoms with Crippen molar-refractivity contribution in [3.05, 3.63) is 47.5 Å². The highest BCUT2D eigenvalue weighted by atomic mass is 32.2. The maximum Gasteiger partial charge on any atom is 0.253 e. The van der Waals surface area contributed by atoms with Crippen LogP contribution >= 0.6 is 0 Å². The summed E-state index contributed by atoms with van der Waals surface area (Å²) in [5.41, 5.74) is 1.30. The van der Waals surface area contributed by atoms with Crippen molar-refractivity contribution >= 4 is 27.5 Å². The molecule has 0 aliphatic heterocycles. The summed E-state index contributed by atoms with van der Waals surface area (Å²) >= 11 is 0. The average molecular weight is 480 g/mol. The summed E-state index contributed by atoms with van der Waals surface area (Å²) in [7, 11) is 3.93. The highest BCUT2D eigenvalue weighted by Gasteiger charge is 2.22. The maximum atomic E-state index is 12.6. The summed E-state index contributed by atoms with van der Waals surface area (Å²) in [4.78, 5) is 26.1. The van der Waals surface area contributed by atoms with Crippen molar-refractivity contribution in [1.29, 1.82) is 0 Å². The third kappa shape index (κ3) is 6.28. The van der Waals surface area contributed by atoms with Crippen molar-refractivity contribution in [2.75, 3.05) is 52.5 Å². The van der Waals surface area contributed by atoms with Crippen molar-refractivity contribution in [3.8, 4) is 17.2 Å². The van der Waals surface area contributed by atoms with Crippen LogP contribution in [-0.2, 0) is 21.4 Å². The summed E-state index contributed by atoms with van der Waals surface area (Å²) in [6.07, 6.45) is 1.01. The second-order valence-electron chi connectivity index (χ2n) is 7.29. The lowest BCUT2D eigenvalue weighted by Gasteiger charge is -2.22. The zero-order chi connectivity index (χ0) is 24.8. The number of hydrogen-bond donors (Lipinski definition) is 1. The van der Waals surface area contributed by atoms with Crippen molar-refractivity contribution in [3.63, 3.8) is 0 Å². The van der Waals surface area contributed by atoms with Gasteiger partial charge in [0.05, 0.1) is 33.3 Å². The first-order valence-corrected chi connectivity index (χ1v) is 11.7. The smallest absolute Gasteiger partial charge is 0.253 e. The summed E-state index contributed by atoms with van der Waals surface area (Å²) in [5.74, 6) is 0.527. The van der Waals surface area contributed by atoms with Gasteiger partial charge in [-0.1, -0.05) is 0 Å². The Bertz CT molecular complexity index is 1100. The fourth-order valence-corrected chi connectivity index (χ4v) is 3.97. The number of carbonyl (C=O) groups excluding carboxylic acids is 2. The number of anilines is 1. The van der Waals surface area contributed by atoms with Gasteiger partial charge < -0.3 is 24.4 Å². The summed E-state index contributed by atoms with van der Waals surface area (Å²) in [6.45, 7) is -0.356. The van der Waals surface area contributed by atoms with Crippen molar-refractivity contribution in [1.82, 2.24) is 10.2 Å². The fourth-order valence-electron chi connectivity index (χ4n) is 3.11. The van der Waals surface area contributed by atoms with Crippen LogP contribution in [0.3, 0.4) is 0 Å². The lowest BCUT2D eigenvalue weighted by atomic mass is 10.1. The number of sulfonamides is 1. The normalized spacial score (nSPS) is 10.8. The van der Waals surface area contributed by atoms with E-state index in [4.69, 9.17) is 14.2 Å². The third-order valence-corrected chi connectivity index (χ3v) is 5.90. The molecule has 0 saturated heterocycles. The fraction of sp³-hybridized carbons (Fsp3) is 0.364. The first-order valence-electron chi connectivity index (χ1n) is 9.87. The van der Waals surface area contributed by atoms with E-state index in [2.05, 4.69) is 5.32 Å². The number of amides is 2. The molecule has 11 heteroatoms. The first-order chi connectivity index (χ1) is 15.5. The minimum atomic E-state index is -3.76. The molecule has 2 rings (SSSR count). The van der Waals surface area contributed by atoms with E-state index >= 15 is 0 Å². The average Bonchev–Trinajstić information content (AvgIpc) is 2.79. The van der Waals surface area contributed by atoms with Gasteiger partial charge >= 0.3 is 0 Å². The molecule has 0 aliphatic rings. The van der Waals surface area contributed by atoms with Crippen LogP contribution in [0.4, 0.5) is 5.69 Å². The van der Waals surface area contributed by atoms with Gasteiger partial charge in [-0.2, -0.15) is 0 Å². The van der Waals surface area contributed by atoms with E-state index in [1.165, 1.54) is 50.5 Å². The Hall–Kier alpha value is -3.47. The molecule has 0 aromatic heterocycles. The van der Waals surface area contributed by atoms with Crippen molar-refractivity contribution < 1.29 is 32.2 Å². The molecule has 2 aromatic carbocycles. The van der Waals surface area contributed by atoms with E-state index < -0.39 is 22.5 Å². The van der Waals surface area contributed by atoms with Crippen LogP contribution in [0.1, 0.15) is 15.9 Å². The monoisotopic (exact) mass is 479 g/mol. The Morgan fingerprint density at radius 3 is 2.00 bits per heavy atom. The quantitative estimate of drug-likeness (QED) is 0.549. The number of nitrogens with zero attached hydrogens (tertiary/aromatic N) is 2. The molecule has 0 fully saturated rings. The Labute approximate surface area is 194 Å². The van der Waals surface area contributed by atoms with Crippen LogP contribution in [0.2, 0.25) is 0 Å². The van der Waals surface area contributed by atoms with E-state index in [1.54, 1.807) is 26.2 Å². The molecule has 0 spiro atoms. The van der Waals surface area contributed by atoms with Gasteiger partial charge in [0, 0.05) is 31.8 Å². The highest BCUT2D eigenvalue weighted by molar-refractivity contribution is 7.92. The van der Waals surface area contributed by atoms with Gasteiger partial charge in [0.1, 0.15) is 6.54 Å². The van der Waals surface area contributed by atoms with Crippen molar-refractivity contribution in [2.45, 2.75) is 6.54 Å². The molecule has 33 heavy (non-hydrogen) atoms. The first kappa shape index (κ1) is 25.8. The summed E-state index contributed by atoms with van der Waals surface area (Å²) in [5, 5.41) is 2.70. The van der Waals surface area contributed by atoms with Crippen LogP contribution < -0.4 is 23.8 Å². The van der Waals surface area contributed by atoms with Crippen LogP contribution in [0.5, 0.6) is 17.2 Å². The summed E-state index contributed by atoms with van der Waals surface area (Å²) < 4.78 is 41.6. The number of rotatable bonds is 10. The number of methoxy groups -OCH3 is 3. The molecule has 0 heterocycles. The van der Waals surface area contributed by atoms with Crippen LogP contribution in [-0.4, -0.2) is 73.4 Å². The zero-order valence-electron chi connectivity index (χ0n) is 19.5. The van der Waals surface area contributed by atoms with Gasteiger partial charge in [-0.25, -0.2) is 8.42 Å². The molecule has 0 aliphatic carbocycles. The maximum absolute atomic E-state index is 12.6. The van der Waals surface area contributed by atoms with Gasteiger partial charge in [0.2, 0.25) is 21.7 Å². The molecular formula is C22H29N3O7S. The molecule has 0 saturated carbocycles. The number of ether oxygens (including phenoxy) is 3. The molecule has 0 unspecified atom stereocenters. The van der Waals surface area contributed by atoms with E-state index in [-0.39, 0.29) is 18.1 Å². The zero-order valence-corrected chi connectivity index (χ0v) is 20.4. The number of benzene rings is 2. The minimum Gasteiger partial charge on any atom is -0.493 e. The Kier molecular flexibility index (Phi) is 8.52. The largest absolute Gasteiger partial charge is 0.493 e. The molecule has 0 bridgehead atoms. The van der Waals surface area contributed by atoms with Gasteiger partial charge in [-0.15, -0.1) is 0 Å². The number of nitrogens with one attached hydrogen (secondary N) is 1. The van der Waals surface area contributed by atoms with Crippen LogP contribution in [0.15, 0.2) is 36.4 Å².